The Morgan fingerprint density at radius 1 is 1.53 bits per heavy atom. The third-order valence-corrected chi connectivity index (χ3v) is 1.54. The van der Waals surface area contributed by atoms with E-state index in [1.54, 1.807) is 18.3 Å². The van der Waals surface area contributed by atoms with E-state index in [4.69, 9.17) is 15.7 Å². The first-order chi connectivity index (χ1) is 6.94. The van der Waals surface area contributed by atoms with E-state index in [9.17, 15) is 0 Å². The maximum absolute atomic E-state index is 8.58. The van der Waals surface area contributed by atoms with Gasteiger partial charge in [-0.15, -0.1) is 0 Å². The summed E-state index contributed by atoms with van der Waals surface area (Å²) in [5, 5.41) is 11.5. The number of nitrogens with zero attached hydrogens (tertiary/aromatic N) is 2. The van der Waals surface area contributed by atoms with E-state index in [2.05, 4.69) is 10.1 Å². The standard InChI is InChI=1S/C10H15N3O2/c1-10(2,3)15-7-5-4-6-12-8(7)9(11)13-14/h4-6,14H,1-3H3,(H2,11,13). The highest BCUT2D eigenvalue weighted by molar-refractivity contribution is 5.97. The number of rotatable bonds is 2. The Balaban J connectivity index is 3.07. The fraction of sp³-hybridized carbons (Fsp3) is 0.400. The van der Waals surface area contributed by atoms with E-state index in [0.717, 1.165) is 0 Å². The number of oxime groups is 1. The van der Waals surface area contributed by atoms with Crippen molar-refractivity contribution in [2.24, 2.45) is 10.9 Å². The van der Waals surface area contributed by atoms with Gasteiger partial charge >= 0.3 is 0 Å². The zero-order chi connectivity index (χ0) is 11.5. The van der Waals surface area contributed by atoms with E-state index in [-0.39, 0.29) is 11.4 Å². The minimum Gasteiger partial charge on any atom is -0.486 e. The van der Waals surface area contributed by atoms with Crippen molar-refractivity contribution in [3.05, 3.63) is 24.0 Å². The molecule has 5 nitrogen and oxygen atoms in total. The van der Waals surface area contributed by atoms with Gasteiger partial charge < -0.3 is 15.7 Å². The van der Waals surface area contributed by atoms with Crippen molar-refractivity contribution < 1.29 is 9.94 Å². The predicted octanol–water partition coefficient (Wildman–Crippen LogP) is 1.35. The SMILES string of the molecule is CC(C)(C)Oc1cccnc1/C(N)=N/O. The Morgan fingerprint density at radius 2 is 2.20 bits per heavy atom. The van der Waals surface area contributed by atoms with Gasteiger partial charge in [0.15, 0.2) is 11.5 Å². The van der Waals surface area contributed by atoms with Crippen LogP contribution in [0.2, 0.25) is 0 Å². The van der Waals surface area contributed by atoms with Gasteiger partial charge in [0.2, 0.25) is 0 Å². The summed E-state index contributed by atoms with van der Waals surface area (Å²) in [7, 11) is 0. The van der Waals surface area contributed by atoms with Crippen molar-refractivity contribution in [1.29, 1.82) is 0 Å². The quantitative estimate of drug-likeness (QED) is 0.333. The second-order valence-corrected chi connectivity index (χ2v) is 4.05. The molecule has 0 fully saturated rings. The van der Waals surface area contributed by atoms with Crippen LogP contribution in [0.5, 0.6) is 5.75 Å². The molecule has 0 aromatic carbocycles. The van der Waals surface area contributed by atoms with Gasteiger partial charge in [-0.05, 0) is 32.9 Å². The Bertz CT molecular complexity index is 369. The van der Waals surface area contributed by atoms with Gasteiger partial charge in [-0.1, -0.05) is 5.16 Å². The Kier molecular flexibility index (Phi) is 3.14. The highest BCUT2D eigenvalue weighted by Crippen LogP contribution is 2.20. The lowest BCUT2D eigenvalue weighted by Crippen LogP contribution is -2.26. The Labute approximate surface area is 88.6 Å². The lowest BCUT2D eigenvalue weighted by molar-refractivity contribution is 0.130. The highest BCUT2D eigenvalue weighted by atomic mass is 16.5. The number of aromatic nitrogens is 1. The molecule has 15 heavy (non-hydrogen) atoms. The van der Waals surface area contributed by atoms with Crippen LogP contribution in [0.15, 0.2) is 23.5 Å². The molecule has 82 valence electrons. The highest BCUT2D eigenvalue weighted by Gasteiger charge is 2.16. The molecule has 0 amide bonds. The molecular weight excluding hydrogens is 194 g/mol. The van der Waals surface area contributed by atoms with Crippen molar-refractivity contribution in [2.45, 2.75) is 26.4 Å². The molecule has 0 saturated carbocycles. The average Bonchev–Trinajstić information content (AvgIpc) is 2.15. The van der Waals surface area contributed by atoms with Gasteiger partial charge in [0.1, 0.15) is 11.4 Å². The summed E-state index contributed by atoms with van der Waals surface area (Å²) in [5.41, 5.74) is 5.46. The fourth-order valence-corrected chi connectivity index (χ4v) is 1.04. The molecule has 0 saturated heterocycles. The van der Waals surface area contributed by atoms with E-state index >= 15 is 0 Å². The van der Waals surface area contributed by atoms with Crippen LogP contribution in [-0.4, -0.2) is 21.6 Å². The average molecular weight is 209 g/mol. The molecule has 1 aromatic rings. The van der Waals surface area contributed by atoms with E-state index < -0.39 is 0 Å². The van der Waals surface area contributed by atoms with Gasteiger partial charge in [-0.3, -0.25) is 0 Å². The predicted molar refractivity (Wildman–Crippen MR) is 57.1 cm³/mol. The summed E-state index contributed by atoms with van der Waals surface area (Å²) in [5.74, 6) is 0.440. The number of ether oxygens (including phenoxy) is 1. The number of hydrogen-bond donors (Lipinski definition) is 2. The molecule has 0 aliphatic rings. The maximum atomic E-state index is 8.58. The van der Waals surface area contributed by atoms with Gasteiger partial charge in [-0.25, -0.2) is 4.98 Å². The molecule has 5 heteroatoms. The zero-order valence-electron chi connectivity index (χ0n) is 9.06. The minimum atomic E-state index is -0.354. The molecule has 3 N–H and O–H groups in total. The van der Waals surface area contributed by atoms with Crippen LogP contribution in [0.25, 0.3) is 0 Å². The van der Waals surface area contributed by atoms with Crippen LogP contribution < -0.4 is 10.5 Å². The number of hydrogen-bond acceptors (Lipinski definition) is 4. The van der Waals surface area contributed by atoms with Crippen molar-refractivity contribution >= 4 is 5.84 Å². The molecule has 0 atom stereocenters. The second kappa shape index (κ2) is 4.16. The normalized spacial score (nSPS) is 12.6. The summed E-state index contributed by atoms with van der Waals surface area (Å²) in [4.78, 5) is 3.99. The Morgan fingerprint density at radius 3 is 2.73 bits per heavy atom. The number of nitrogens with two attached hydrogens (primary N) is 1. The second-order valence-electron chi connectivity index (χ2n) is 4.05. The fourth-order valence-electron chi connectivity index (χ4n) is 1.04. The third kappa shape index (κ3) is 3.12. The monoisotopic (exact) mass is 209 g/mol. The zero-order valence-corrected chi connectivity index (χ0v) is 9.06. The van der Waals surface area contributed by atoms with E-state index in [1.807, 2.05) is 20.8 Å². The molecule has 1 rings (SSSR count). The first-order valence-corrected chi connectivity index (χ1v) is 4.56. The molecule has 0 bridgehead atoms. The maximum Gasteiger partial charge on any atom is 0.192 e. The van der Waals surface area contributed by atoms with Crippen molar-refractivity contribution in [3.8, 4) is 5.75 Å². The van der Waals surface area contributed by atoms with Crippen LogP contribution in [0, 0.1) is 0 Å². The summed E-state index contributed by atoms with van der Waals surface area (Å²) in [6, 6.07) is 3.46. The molecule has 0 spiro atoms. The molecule has 1 aromatic heterocycles. The van der Waals surface area contributed by atoms with Crippen LogP contribution in [0.3, 0.4) is 0 Å². The van der Waals surface area contributed by atoms with E-state index in [0.29, 0.717) is 11.4 Å². The van der Waals surface area contributed by atoms with Gasteiger partial charge in [0.25, 0.3) is 0 Å². The largest absolute Gasteiger partial charge is 0.486 e. The molecule has 0 radical (unpaired) electrons. The number of pyridine rings is 1. The first-order valence-electron chi connectivity index (χ1n) is 4.56. The van der Waals surface area contributed by atoms with Crippen LogP contribution >= 0.6 is 0 Å². The van der Waals surface area contributed by atoms with Crippen LogP contribution in [-0.2, 0) is 0 Å². The molecular formula is C10H15N3O2. The summed E-state index contributed by atoms with van der Waals surface area (Å²) >= 11 is 0. The van der Waals surface area contributed by atoms with Crippen molar-refractivity contribution in [2.75, 3.05) is 0 Å². The third-order valence-electron chi connectivity index (χ3n) is 1.54. The lowest BCUT2D eigenvalue weighted by Gasteiger charge is -2.22. The van der Waals surface area contributed by atoms with Crippen LogP contribution in [0.4, 0.5) is 0 Å². The van der Waals surface area contributed by atoms with E-state index in [1.165, 1.54) is 0 Å². The number of amidine groups is 1. The minimum absolute atomic E-state index is 0.0603. The molecule has 0 unspecified atom stereocenters. The van der Waals surface area contributed by atoms with Gasteiger partial charge in [0, 0.05) is 6.20 Å². The Hall–Kier alpha value is -1.78. The van der Waals surface area contributed by atoms with Crippen molar-refractivity contribution in [1.82, 2.24) is 4.98 Å². The topological polar surface area (TPSA) is 80.7 Å². The van der Waals surface area contributed by atoms with Gasteiger partial charge in [-0.2, -0.15) is 0 Å². The van der Waals surface area contributed by atoms with Crippen LogP contribution in [0.1, 0.15) is 26.5 Å². The summed E-state index contributed by atoms with van der Waals surface area (Å²) < 4.78 is 5.62. The molecule has 0 aliphatic carbocycles. The molecule has 0 aliphatic heterocycles. The summed E-state index contributed by atoms with van der Waals surface area (Å²) in [6.45, 7) is 5.74. The smallest absolute Gasteiger partial charge is 0.192 e. The molecule has 1 heterocycles. The van der Waals surface area contributed by atoms with Crippen molar-refractivity contribution in [3.63, 3.8) is 0 Å². The lowest BCUT2D eigenvalue weighted by atomic mass is 10.2. The van der Waals surface area contributed by atoms with Gasteiger partial charge in [0.05, 0.1) is 0 Å². The summed E-state index contributed by atoms with van der Waals surface area (Å²) in [6.07, 6.45) is 1.56. The first kappa shape index (κ1) is 11.3.